The molecule has 152 valence electrons. The fourth-order valence-corrected chi connectivity index (χ4v) is 5.88. The molecule has 1 saturated heterocycles. The highest BCUT2D eigenvalue weighted by molar-refractivity contribution is 5.85. The maximum Gasteiger partial charge on any atom is 0.329 e. The average Bonchev–Trinajstić information content (AvgIpc) is 3.30. The maximum atomic E-state index is 13.0. The molecule has 2 aliphatic carbocycles. The summed E-state index contributed by atoms with van der Waals surface area (Å²) in [5.74, 6) is 0.533. The molecule has 0 aromatic heterocycles. The van der Waals surface area contributed by atoms with Crippen molar-refractivity contribution >= 4 is 11.9 Å². The smallest absolute Gasteiger partial charge is 0.329 e. The van der Waals surface area contributed by atoms with Crippen LogP contribution in [-0.4, -0.2) is 35.5 Å². The van der Waals surface area contributed by atoms with E-state index in [1.54, 1.807) is 4.90 Å². The Labute approximate surface area is 168 Å². The number of fused-ring (bicyclic) bond motifs is 2. The SMILES string of the molecule is CC1(C)C2CCC1(C)[C@@H](OC(=O)[C@@H]1CCCN1C(=O)CCc1ccccc1)C2. The number of aryl methyl sites for hydroxylation is 1. The Balaban J connectivity index is 1.37. The van der Waals surface area contributed by atoms with E-state index in [0.717, 1.165) is 31.2 Å². The van der Waals surface area contributed by atoms with Gasteiger partial charge in [-0.25, -0.2) is 4.79 Å². The lowest BCUT2D eigenvalue weighted by molar-refractivity contribution is -0.164. The van der Waals surface area contributed by atoms with Gasteiger partial charge >= 0.3 is 5.97 Å². The van der Waals surface area contributed by atoms with E-state index in [2.05, 4.69) is 20.8 Å². The lowest BCUT2D eigenvalue weighted by Crippen LogP contribution is -2.45. The van der Waals surface area contributed by atoms with Crippen LogP contribution >= 0.6 is 0 Å². The van der Waals surface area contributed by atoms with Crippen LogP contribution in [0.1, 0.15) is 64.9 Å². The van der Waals surface area contributed by atoms with Gasteiger partial charge < -0.3 is 9.64 Å². The topological polar surface area (TPSA) is 46.6 Å². The summed E-state index contributed by atoms with van der Waals surface area (Å²) in [6, 6.07) is 9.66. The van der Waals surface area contributed by atoms with Crippen molar-refractivity contribution in [2.24, 2.45) is 16.7 Å². The van der Waals surface area contributed by atoms with Gasteiger partial charge in [0.25, 0.3) is 0 Å². The molecule has 1 amide bonds. The van der Waals surface area contributed by atoms with Crippen molar-refractivity contribution in [3.05, 3.63) is 35.9 Å². The molecule has 0 spiro atoms. The fourth-order valence-electron chi connectivity index (χ4n) is 5.88. The first-order valence-corrected chi connectivity index (χ1v) is 10.9. The first-order valence-electron chi connectivity index (χ1n) is 10.9. The minimum atomic E-state index is -0.394. The molecule has 4 nitrogen and oxygen atoms in total. The Kier molecular flexibility index (Phi) is 5.01. The van der Waals surface area contributed by atoms with Gasteiger partial charge in [0.05, 0.1) is 0 Å². The van der Waals surface area contributed by atoms with E-state index in [1.165, 1.54) is 6.42 Å². The molecule has 4 heteroatoms. The van der Waals surface area contributed by atoms with Crippen molar-refractivity contribution in [1.82, 2.24) is 4.90 Å². The molecule has 4 rings (SSSR count). The van der Waals surface area contributed by atoms with E-state index in [-0.39, 0.29) is 28.8 Å². The number of amides is 1. The molecular formula is C24H33NO3. The van der Waals surface area contributed by atoms with Crippen molar-refractivity contribution in [2.45, 2.75) is 77.9 Å². The van der Waals surface area contributed by atoms with Gasteiger partial charge in [0.2, 0.25) is 5.91 Å². The van der Waals surface area contributed by atoms with Crippen molar-refractivity contribution in [3.63, 3.8) is 0 Å². The Morgan fingerprint density at radius 1 is 1.14 bits per heavy atom. The van der Waals surface area contributed by atoms with Gasteiger partial charge in [-0.1, -0.05) is 51.1 Å². The van der Waals surface area contributed by atoms with E-state index in [1.807, 2.05) is 30.3 Å². The third-order valence-corrected chi connectivity index (χ3v) is 8.29. The maximum absolute atomic E-state index is 13.0. The van der Waals surface area contributed by atoms with E-state index in [4.69, 9.17) is 4.74 Å². The number of hydrogen-bond donors (Lipinski definition) is 0. The van der Waals surface area contributed by atoms with Crippen molar-refractivity contribution < 1.29 is 14.3 Å². The summed E-state index contributed by atoms with van der Waals surface area (Å²) < 4.78 is 6.08. The predicted molar refractivity (Wildman–Crippen MR) is 109 cm³/mol. The number of hydrogen-bond acceptors (Lipinski definition) is 3. The van der Waals surface area contributed by atoms with Gasteiger partial charge in [-0.3, -0.25) is 4.79 Å². The number of nitrogens with zero attached hydrogens (tertiary/aromatic N) is 1. The molecule has 28 heavy (non-hydrogen) atoms. The number of rotatable bonds is 5. The first-order chi connectivity index (χ1) is 13.3. The Bertz CT molecular complexity index is 743. The zero-order valence-electron chi connectivity index (χ0n) is 17.4. The first kappa shape index (κ1) is 19.5. The van der Waals surface area contributed by atoms with Crippen LogP contribution in [0.5, 0.6) is 0 Å². The fraction of sp³-hybridized carbons (Fsp3) is 0.667. The summed E-state index contributed by atoms with van der Waals surface area (Å²) >= 11 is 0. The van der Waals surface area contributed by atoms with Crippen molar-refractivity contribution in [2.75, 3.05) is 6.54 Å². The van der Waals surface area contributed by atoms with Crippen molar-refractivity contribution in [3.8, 4) is 0 Å². The standard InChI is InChI=1S/C24H33NO3/c1-23(2)18-13-14-24(23,3)20(16-18)28-22(27)19-10-7-15-25(19)21(26)12-11-17-8-5-4-6-9-17/h4-6,8-9,18-20H,7,10-16H2,1-3H3/t18?,19-,20-,24?/m0/s1. The highest BCUT2D eigenvalue weighted by atomic mass is 16.5. The largest absolute Gasteiger partial charge is 0.460 e. The molecule has 1 aromatic carbocycles. The third-order valence-electron chi connectivity index (χ3n) is 8.29. The zero-order chi connectivity index (χ0) is 19.9. The molecule has 0 radical (unpaired) electrons. The summed E-state index contributed by atoms with van der Waals surface area (Å²) in [5, 5.41) is 0. The average molecular weight is 384 g/mol. The molecule has 1 aliphatic heterocycles. The molecule has 1 heterocycles. The monoisotopic (exact) mass is 383 g/mol. The summed E-state index contributed by atoms with van der Waals surface area (Å²) in [6.07, 6.45) is 6.12. The van der Waals surface area contributed by atoms with Gasteiger partial charge in [0.15, 0.2) is 0 Å². The van der Waals surface area contributed by atoms with Crippen LogP contribution in [0.15, 0.2) is 30.3 Å². The van der Waals surface area contributed by atoms with E-state index in [0.29, 0.717) is 25.3 Å². The molecule has 2 unspecified atom stereocenters. The van der Waals surface area contributed by atoms with Crippen LogP contribution in [0.2, 0.25) is 0 Å². The number of esters is 1. The van der Waals surface area contributed by atoms with Gasteiger partial charge in [-0.15, -0.1) is 0 Å². The molecule has 4 atom stereocenters. The normalized spacial score (nSPS) is 33.2. The number of carbonyl (C=O) groups excluding carboxylic acids is 2. The van der Waals surface area contributed by atoms with Crippen LogP contribution in [0.3, 0.4) is 0 Å². The highest BCUT2D eigenvalue weighted by Gasteiger charge is 2.63. The minimum Gasteiger partial charge on any atom is -0.460 e. The highest BCUT2D eigenvalue weighted by Crippen LogP contribution is 2.66. The van der Waals surface area contributed by atoms with Crippen LogP contribution in [0, 0.1) is 16.7 Å². The van der Waals surface area contributed by atoms with Crippen molar-refractivity contribution in [1.29, 1.82) is 0 Å². The molecule has 2 saturated carbocycles. The molecule has 3 fully saturated rings. The van der Waals surface area contributed by atoms with Gasteiger partial charge in [-0.2, -0.15) is 0 Å². The molecule has 0 N–H and O–H groups in total. The molecule has 1 aromatic rings. The van der Waals surface area contributed by atoms with E-state index in [9.17, 15) is 9.59 Å². The summed E-state index contributed by atoms with van der Waals surface area (Å²) in [6.45, 7) is 7.61. The summed E-state index contributed by atoms with van der Waals surface area (Å²) in [5.41, 5.74) is 1.44. The number of carbonyl (C=O) groups is 2. The summed E-state index contributed by atoms with van der Waals surface area (Å²) in [4.78, 5) is 27.6. The van der Waals surface area contributed by atoms with Gasteiger partial charge in [0.1, 0.15) is 12.1 Å². The zero-order valence-corrected chi connectivity index (χ0v) is 17.4. The molecule has 3 aliphatic rings. The Hall–Kier alpha value is -1.84. The lowest BCUT2D eigenvalue weighted by atomic mass is 9.70. The second-order valence-electron chi connectivity index (χ2n) is 9.77. The minimum absolute atomic E-state index is 0.00405. The van der Waals surface area contributed by atoms with Crippen LogP contribution < -0.4 is 0 Å². The number of ether oxygens (including phenoxy) is 1. The number of likely N-dealkylation sites (tertiary alicyclic amines) is 1. The van der Waals surface area contributed by atoms with Crippen LogP contribution in [0.4, 0.5) is 0 Å². The second kappa shape index (κ2) is 7.20. The molecular weight excluding hydrogens is 350 g/mol. The Morgan fingerprint density at radius 3 is 2.54 bits per heavy atom. The second-order valence-corrected chi connectivity index (χ2v) is 9.77. The van der Waals surface area contributed by atoms with Gasteiger partial charge in [-0.05, 0) is 55.4 Å². The van der Waals surface area contributed by atoms with E-state index >= 15 is 0 Å². The number of benzene rings is 1. The Morgan fingerprint density at radius 2 is 1.89 bits per heavy atom. The van der Waals surface area contributed by atoms with Crippen LogP contribution in [0.25, 0.3) is 0 Å². The summed E-state index contributed by atoms with van der Waals surface area (Å²) in [7, 11) is 0. The quantitative estimate of drug-likeness (QED) is 0.710. The van der Waals surface area contributed by atoms with Gasteiger partial charge in [0, 0.05) is 18.4 Å². The molecule has 2 bridgehead atoms. The van der Waals surface area contributed by atoms with E-state index < -0.39 is 6.04 Å². The lowest BCUT2D eigenvalue weighted by Gasteiger charge is -2.39. The van der Waals surface area contributed by atoms with Crippen LogP contribution in [-0.2, 0) is 20.7 Å². The third kappa shape index (κ3) is 3.15. The predicted octanol–water partition coefficient (Wildman–Crippen LogP) is 4.37.